The Kier molecular flexibility index (Phi) is 8.37. The number of benzene rings is 1. The van der Waals surface area contributed by atoms with Gasteiger partial charge >= 0.3 is 5.69 Å². The first-order valence-corrected chi connectivity index (χ1v) is 9.52. The monoisotopic (exact) mass is 428 g/mol. The van der Waals surface area contributed by atoms with Crippen LogP contribution in [0.2, 0.25) is 0 Å². The van der Waals surface area contributed by atoms with E-state index in [0.29, 0.717) is 17.2 Å². The van der Waals surface area contributed by atoms with E-state index < -0.39 is 10.4 Å². The Morgan fingerprint density at radius 3 is 2.00 bits per heavy atom. The minimum Gasteiger partial charge on any atom is -0.726 e. The van der Waals surface area contributed by atoms with Crippen molar-refractivity contribution in [2.24, 2.45) is 14.1 Å². The Morgan fingerprint density at radius 2 is 1.52 bits per heavy atom. The van der Waals surface area contributed by atoms with Crippen LogP contribution in [0, 0.1) is 6.92 Å². The van der Waals surface area contributed by atoms with Crippen LogP contribution in [0.1, 0.15) is 17.0 Å². The Labute approximate surface area is 169 Å². The van der Waals surface area contributed by atoms with Gasteiger partial charge in [-0.3, -0.25) is 4.55 Å². The predicted octanol–water partition coefficient (Wildman–Crippen LogP) is 0.719. The number of aromatic nitrogens is 2. The molecule has 0 saturated carbocycles. The summed E-state index contributed by atoms with van der Waals surface area (Å²) in [7, 11) is 3.34. The summed E-state index contributed by atoms with van der Waals surface area (Å²) in [5, 5.41) is 0. The predicted molar refractivity (Wildman–Crippen MR) is 105 cm³/mol. The number of ether oxygens (including phenoxy) is 3. The molecule has 11 heteroatoms. The fourth-order valence-electron chi connectivity index (χ4n) is 2.41. The Hall–Kier alpha value is -2.89. The second-order valence-electron chi connectivity index (χ2n) is 5.82. The van der Waals surface area contributed by atoms with Gasteiger partial charge < -0.3 is 18.8 Å². The second kappa shape index (κ2) is 10.0. The van der Waals surface area contributed by atoms with Crippen LogP contribution in [0.25, 0.3) is 12.2 Å². The van der Waals surface area contributed by atoms with Gasteiger partial charge in [0.05, 0.1) is 35.4 Å². The van der Waals surface area contributed by atoms with Gasteiger partial charge in [0, 0.05) is 17.7 Å². The highest BCUT2D eigenvalue weighted by Crippen LogP contribution is 2.35. The quantitative estimate of drug-likeness (QED) is 0.419. The second-order valence-corrected chi connectivity index (χ2v) is 6.68. The van der Waals surface area contributed by atoms with Crippen LogP contribution in [-0.2, 0) is 24.5 Å². The Morgan fingerprint density at radius 1 is 1.03 bits per heavy atom. The number of hydrogen-bond acceptors (Lipinski definition) is 7. The maximum absolute atomic E-state index is 12.2. The van der Waals surface area contributed by atoms with E-state index in [0.717, 1.165) is 17.0 Å². The molecular weight excluding hydrogens is 404 g/mol. The molecule has 0 atom stereocenters. The smallest absolute Gasteiger partial charge is 0.498 e. The van der Waals surface area contributed by atoms with Gasteiger partial charge in [-0.2, -0.15) is 13.9 Å². The molecule has 0 aliphatic carbocycles. The molecule has 1 aromatic heterocycles. The van der Waals surface area contributed by atoms with Gasteiger partial charge in [0.15, 0.2) is 11.5 Å². The van der Waals surface area contributed by atoms with Crippen LogP contribution in [0.15, 0.2) is 23.0 Å². The van der Waals surface area contributed by atoms with Gasteiger partial charge in [-0.05, 0) is 25.1 Å². The molecule has 2 aromatic rings. The van der Waals surface area contributed by atoms with Crippen molar-refractivity contribution in [3.63, 3.8) is 0 Å². The van der Waals surface area contributed by atoms with E-state index in [-0.39, 0.29) is 5.69 Å². The highest BCUT2D eigenvalue weighted by atomic mass is 32.3. The van der Waals surface area contributed by atoms with Crippen LogP contribution in [0.3, 0.4) is 0 Å². The molecule has 0 unspecified atom stereocenters. The molecule has 29 heavy (non-hydrogen) atoms. The minimum atomic E-state index is -4.92. The lowest BCUT2D eigenvalue weighted by molar-refractivity contribution is -0.692. The highest BCUT2D eigenvalue weighted by molar-refractivity contribution is 7.79. The topological polar surface area (TPSA) is 131 Å². The number of hydrogen-bond donors (Lipinski definition) is 1. The number of nitrogens with zero attached hydrogens (tertiary/aromatic N) is 2. The molecule has 1 N–H and O–H groups in total. The zero-order chi connectivity index (χ0) is 22.4. The molecule has 2 rings (SSSR count). The fraction of sp³-hybridized carbons (Fsp3) is 0.333. The fourth-order valence-corrected chi connectivity index (χ4v) is 2.41. The van der Waals surface area contributed by atoms with Crippen molar-refractivity contribution in [1.82, 2.24) is 4.57 Å². The maximum Gasteiger partial charge on any atom is 0.498 e. The van der Waals surface area contributed by atoms with Crippen molar-refractivity contribution in [3.05, 3.63) is 45.6 Å². The van der Waals surface area contributed by atoms with E-state index in [4.69, 9.17) is 31.7 Å². The van der Waals surface area contributed by atoms with Crippen LogP contribution in [0.4, 0.5) is 0 Å². The minimum absolute atomic E-state index is 0.0751. The lowest BCUT2D eigenvalue weighted by atomic mass is 10.1. The van der Waals surface area contributed by atoms with Crippen molar-refractivity contribution in [1.29, 1.82) is 0 Å². The molecule has 0 amide bonds. The summed E-state index contributed by atoms with van der Waals surface area (Å²) in [6.45, 7) is 1.90. The van der Waals surface area contributed by atoms with Gasteiger partial charge in [-0.15, -0.1) is 0 Å². The molecule has 0 fully saturated rings. The summed E-state index contributed by atoms with van der Waals surface area (Å²) in [5.74, 6) is 1.87. The molecule has 160 valence electrons. The standard InChI is InChI=1S/C18H23N2O4.H2O4S/c1-12-9-14(20(3)18(21)19(12)2)8-7-13-10-16(23-5)17(24-6)11-15(13)22-4;1-5(2,3)4/h7-11H,1-6H3;(H2,1,2,3,4)/q+1;/p-1. The van der Waals surface area contributed by atoms with E-state index in [9.17, 15) is 4.79 Å². The lowest BCUT2D eigenvalue weighted by Gasteiger charge is -2.12. The van der Waals surface area contributed by atoms with E-state index in [1.807, 2.05) is 31.2 Å². The summed E-state index contributed by atoms with van der Waals surface area (Å²) in [4.78, 5) is 12.2. The average molecular weight is 428 g/mol. The van der Waals surface area contributed by atoms with E-state index in [1.54, 1.807) is 50.6 Å². The molecule has 0 aliphatic heterocycles. The van der Waals surface area contributed by atoms with Crippen molar-refractivity contribution in [3.8, 4) is 17.2 Å². The van der Waals surface area contributed by atoms with Crippen molar-refractivity contribution >= 4 is 22.6 Å². The molecule has 0 bridgehead atoms. The van der Waals surface area contributed by atoms with Crippen molar-refractivity contribution in [2.45, 2.75) is 6.92 Å². The third-order valence-corrected chi connectivity index (χ3v) is 4.02. The van der Waals surface area contributed by atoms with Crippen molar-refractivity contribution < 1.29 is 36.3 Å². The van der Waals surface area contributed by atoms with Gasteiger partial charge in [0.25, 0.3) is 0 Å². The maximum atomic E-state index is 12.2. The molecule has 0 spiro atoms. The van der Waals surface area contributed by atoms with E-state index >= 15 is 0 Å². The van der Waals surface area contributed by atoms with Gasteiger partial charge in [0.2, 0.25) is 10.4 Å². The zero-order valence-electron chi connectivity index (χ0n) is 17.0. The SMILES string of the molecule is COc1cc(OC)c(OC)cc1C=Cc1cc(C)n(C)c(=O)[n+]1C.O=S(=O)([O-])O. The van der Waals surface area contributed by atoms with Gasteiger partial charge in [-0.1, -0.05) is 0 Å². The molecule has 0 saturated heterocycles. The van der Waals surface area contributed by atoms with Crippen LogP contribution in [0.5, 0.6) is 17.2 Å². The summed E-state index contributed by atoms with van der Waals surface area (Å²) in [6, 6.07) is 5.56. The number of methoxy groups -OCH3 is 3. The third-order valence-electron chi connectivity index (χ3n) is 4.02. The van der Waals surface area contributed by atoms with Crippen LogP contribution < -0.4 is 24.5 Å². The molecule has 0 aliphatic rings. The molecule has 1 heterocycles. The summed E-state index contributed by atoms with van der Waals surface area (Å²) in [5.41, 5.74) is 2.44. The first-order valence-electron chi connectivity index (χ1n) is 8.16. The summed E-state index contributed by atoms with van der Waals surface area (Å²) in [6.07, 6.45) is 3.76. The normalized spacial score (nSPS) is 11.0. The molecule has 10 nitrogen and oxygen atoms in total. The first-order chi connectivity index (χ1) is 13.4. The summed E-state index contributed by atoms with van der Waals surface area (Å²) < 4.78 is 52.1. The number of aryl methyl sites for hydroxylation is 1. The van der Waals surface area contributed by atoms with Crippen LogP contribution in [-0.4, -0.2) is 43.4 Å². The largest absolute Gasteiger partial charge is 0.726 e. The number of rotatable bonds is 5. The average Bonchev–Trinajstić information content (AvgIpc) is 2.66. The van der Waals surface area contributed by atoms with Crippen LogP contribution >= 0.6 is 0 Å². The van der Waals surface area contributed by atoms with Gasteiger partial charge in [-0.25, -0.2) is 8.42 Å². The highest BCUT2D eigenvalue weighted by Gasteiger charge is 2.13. The van der Waals surface area contributed by atoms with Crippen molar-refractivity contribution in [2.75, 3.05) is 21.3 Å². The third kappa shape index (κ3) is 6.89. The molecule has 0 radical (unpaired) electrons. The van der Waals surface area contributed by atoms with E-state index in [2.05, 4.69) is 0 Å². The molecular formula is C18H24N2O8S. The lowest BCUT2D eigenvalue weighted by Crippen LogP contribution is -2.53. The van der Waals surface area contributed by atoms with Gasteiger partial charge in [0.1, 0.15) is 17.1 Å². The van der Waals surface area contributed by atoms with E-state index in [1.165, 1.54) is 0 Å². The first kappa shape index (κ1) is 24.1. The summed E-state index contributed by atoms with van der Waals surface area (Å²) >= 11 is 0. The Bertz CT molecular complexity index is 1050. The molecule has 1 aromatic carbocycles. The Balaban J connectivity index is 0.000000749. The zero-order valence-corrected chi connectivity index (χ0v) is 17.8.